The smallest absolute Gasteiger partial charge is 0.251 e. The van der Waals surface area contributed by atoms with E-state index in [1.807, 2.05) is 18.2 Å². The van der Waals surface area contributed by atoms with Crippen molar-refractivity contribution < 1.29 is 19.4 Å². The number of phenols is 1. The molecule has 23 heavy (non-hydrogen) atoms. The number of carbonyl (C=O) groups excluding carboxylic acids is 1. The molecule has 0 aliphatic carbocycles. The first kappa shape index (κ1) is 15.5. The van der Waals surface area contributed by atoms with E-state index in [1.54, 1.807) is 0 Å². The predicted octanol–water partition coefficient (Wildman–Crippen LogP) is 2.79. The topological polar surface area (TPSA) is 67.8 Å². The maximum atomic E-state index is 12.0. The first-order valence-corrected chi connectivity index (χ1v) is 7.66. The fourth-order valence-electron chi connectivity index (χ4n) is 2.31. The van der Waals surface area contributed by atoms with Crippen LogP contribution in [0.2, 0.25) is 5.02 Å². The van der Waals surface area contributed by atoms with E-state index in [0.29, 0.717) is 31.7 Å². The SMILES string of the molecule is O=C(NCCc1ccc2c(c1)OCCO2)c1ccc(O)c(Cl)c1. The molecule has 0 radical (unpaired) electrons. The van der Waals surface area contributed by atoms with Crippen molar-refractivity contribution in [1.29, 1.82) is 0 Å². The first-order valence-electron chi connectivity index (χ1n) is 7.29. The fourth-order valence-corrected chi connectivity index (χ4v) is 2.49. The molecule has 1 aliphatic rings. The zero-order valence-electron chi connectivity index (χ0n) is 12.3. The van der Waals surface area contributed by atoms with Gasteiger partial charge in [-0.05, 0) is 42.3 Å². The number of hydrogen-bond donors (Lipinski definition) is 2. The Morgan fingerprint density at radius 1 is 1.13 bits per heavy atom. The number of ether oxygens (including phenoxy) is 2. The van der Waals surface area contributed by atoms with Crippen molar-refractivity contribution in [3.8, 4) is 17.2 Å². The van der Waals surface area contributed by atoms with Crippen LogP contribution in [-0.4, -0.2) is 30.8 Å². The van der Waals surface area contributed by atoms with Crippen molar-refractivity contribution in [2.45, 2.75) is 6.42 Å². The Labute approximate surface area is 138 Å². The minimum atomic E-state index is -0.232. The lowest BCUT2D eigenvalue weighted by Crippen LogP contribution is -2.25. The highest BCUT2D eigenvalue weighted by atomic mass is 35.5. The standard InChI is InChI=1S/C17H16ClNO4/c18-13-10-12(2-3-14(13)20)17(21)19-6-5-11-1-4-15-16(9-11)23-8-7-22-15/h1-4,9-10,20H,5-8H2,(H,19,21). The Hall–Kier alpha value is -2.40. The van der Waals surface area contributed by atoms with Gasteiger partial charge in [0.1, 0.15) is 19.0 Å². The minimum Gasteiger partial charge on any atom is -0.506 e. The van der Waals surface area contributed by atoms with Crippen molar-refractivity contribution >= 4 is 17.5 Å². The Morgan fingerprint density at radius 3 is 2.70 bits per heavy atom. The lowest BCUT2D eigenvalue weighted by Gasteiger charge is -2.18. The summed E-state index contributed by atoms with van der Waals surface area (Å²) in [7, 11) is 0. The predicted molar refractivity (Wildman–Crippen MR) is 86.6 cm³/mol. The number of carbonyl (C=O) groups is 1. The summed E-state index contributed by atoms with van der Waals surface area (Å²) in [4.78, 5) is 12.0. The lowest BCUT2D eigenvalue weighted by atomic mass is 10.1. The zero-order valence-corrected chi connectivity index (χ0v) is 13.1. The maximum absolute atomic E-state index is 12.0. The highest BCUT2D eigenvalue weighted by Crippen LogP contribution is 2.30. The fraction of sp³-hybridized carbons (Fsp3) is 0.235. The molecule has 1 aliphatic heterocycles. The third kappa shape index (κ3) is 3.68. The number of halogens is 1. The quantitative estimate of drug-likeness (QED) is 0.902. The van der Waals surface area contributed by atoms with Crippen LogP contribution in [0, 0.1) is 0 Å². The van der Waals surface area contributed by atoms with Crippen LogP contribution in [0.5, 0.6) is 17.2 Å². The van der Waals surface area contributed by atoms with Crippen LogP contribution < -0.4 is 14.8 Å². The molecule has 0 saturated carbocycles. The molecule has 0 fully saturated rings. The second-order valence-corrected chi connectivity index (χ2v) is 5.56. The molecular weight excluding hydrogens is 318 g/mol. The second-order valence-electron chi connectivity index (χ2n) is 5.15. The van der Waals surface area contributed by atoms with Gasteiger partial charge in [-0.1, -0.05) is 17.7 Å². The average molecular weight is 334 g/mol. The molecule has 2 aromatic carbocycles. The number of fused-ring (bicyclic) bond motifs is 1. The second kappa shape index (κ2) is 6.79. The Bertz CT molecular complexity index is 733. The molecule has 6 heteroatoms. The van der Waals surface area contributed by atoms with E-state index < -0.39 is 0 Å². The first-order chi connectivity index (χ1) is 11.1. The van der Waals surface area contributed by atoms with Gasteiger partial charge in [-0.2, -0.15) is 0 Å². The molecule has 0 aromatic heterocycles. The molecule has 0 saturated heterocycles. The van der Waals surface area contributed by atoms with Crippen LogP contribution >= 0.6 is 11.6 Å². The number of benzene rings is 2. The lowest BCUT2D eigenvalue weighted by molar-refractivity contribution is 0.0954. The van der Waals surface area contributed by atoms with Crippen LogP contribution in [0.25, 0.3) is 0 Å². The summed E-state index contributed by atoms with van der Waals surface area (Å²) in [5, 5.41) is 12.3. The summed E-state index contributed by atoms with van der Waals surface area (Å²) >= 11 is 5.80. The van der Waals surface area contributed by atoms with E-state index in [4.69, 9.17) is 21.1 Å². The van der Waals surface area contributed by atoms with Crippen molar-refractivity contribution in [2.75, 3.05) is 19.8 Å². The van der Waals surface area contributed by atoms with E-state index >= 15 is 0 Å². The van der Waals surface area contributed by atoms with Crippen LogP contribution in [-0.2, 0) is 6.42 Å². The number of rotatable bonds is 4. The van der Waals surface area contributed by atoms with Crippen molar-refractivity contribution in [3.63, 3.8) is 0 Å². The summed E-state index contributed by atoms with van der Waals surface area (Å²) in [6, 6.07) is 10.1. The molecule has 1 heterocycles. The summed E-state index contributed by atoms with van der Waals surface area (Å²) < 4.78 is 11.0. The molecule has 0 atom stereocenters. The van der Waals surface area contributed by atoms with Crippen LogP contribution in [0.1, 0.15) is 15.9 Å². The minimum absolute atomic E-state index is 0.0421. The summed E-state index contributed by atoms with van der Waals surface area (Å²) in [5.41, 5.74) is 1.47. The molecule has 2 N–H and O–H groups in total. The molecular formula is C17H16ClNO4. The maximum Gasteiger partial charge on any atom is 0.251 e. The molecule has 1 amide bonds. The number of nitrogens with one attached hydrogen (secondary N) is 1. The van der Waals surface area contributed by atoms with E-state index in [1.165, 1.54) is 18.2 Å². The number of amides is 1. The van der Waals surface area contributed by atoms with Crippen LogP contribution in [0.4, 0.5) is 0 Å². The van der Waals surface area contributed by atoms with Gasteiger partial charge < -0.3 is 19.9 Å². The Balaban J connectivity index is 1.56. The third-order valence-electron chi connectivity index (χ3n) is 3.52. The van der Waals surface area contributed by atoms with Crippen molar-refractivity contribution in [2.24, 2.45) is 0 Å². The van der Waals surface area contributed by atoms with Gasteiger partial charge in [0.15, 0.2) is 11.5 Å². The highest BCUT2D eigenvalue weighted by Gasteiger charge is 2.12. The molecule has 0 unspecified atom stereocenters. The van der Waals surface area contributed by atoms with Crippen molar-refractivity contribution in [3.05, 3.63) is 52.5 Å². The summed E-state index contributed by atoms with van der Waals surface area (Å²) in [5.74, 6) is 1.22. The van der Waals surface area contributed by atoms with Gasteiger partial charge in [-0.15, -0.1) is 0 Å². The van der Waals surface area contributed by atoms with Crippen molar-refractivity contribution in [1.82, 2.24) is 5.32 Å². The van der Waals surface area contributed by atoms with Gasteiger partial charge >= 0.3 is 0 Å². The van der Waals surface area contributed by atoms with Gasteiger partial charge in [0, 0.05) is 12.1 Å². The average Bonchev–Trinajstić information content (AvgIpc) is 2.57. The van der Waals surface area contributed by atoms with E-state index in [-0.39, 0.29) is 16.7 Å². The Kier molecular flexibility index (Phi) is 4.57. The third-order valence-corrected chi connectivity index (χ3v) is 3.82. The monoisotopic (exact) mass is 333 g/mol. The van der Waals surface area contributed by atoms with Gasteiger partial charge in [0.2, 0.25) is 0 Å². The van der Waals surface area contributed by atoms with E-state index in [2.05, 4.69) is 5.32 Å². The van der Waals surface area contributed by atoms with Gasteiger partial charge in [-0.25, -0.2) is 0 Å². The zero-order chi connectivity index (χ0) is 16.2. The van der Waals surface area contributed by atoms with Crippen LogP contribution in [0.3, 0.4) is 0 Å². The number of aromatic hydroxyl groups is 1. The molecule has 0 spiro atoms. The molecule has 5 nitrogen and oxygen atoms in total. The van der Waals surface area contributed by atoms with Gasteiger partial charge in [0.25, 0.3) is 5.91 Å². The van der Waals surface area contributed by atoms with E-state index in [9.17, 15) is 9.90 Å². The summed E-state index contributed by atoms with van der Waals surface area (Å²) in [6.45, 7) is 1.60. The Morgan fingerprint density at radius 2 is 1.91 bits per heavy atom. The number of phenolic OH excluding ortho intramolecular Hbond substituents is 1. The normalized spacial score (nSPS) is 12.7. The van der Waals surface area contributed by atoms with Gasteiger partial charge in [0.05, 0.1) is 5.02 Å². The largest absolute Gasteiger partial charge is 0.506 e. The molecule has 3 rings (SSSR count). The van der Waals surface area contributed by atoms with E-state index in [0.717, 1.165) is 17.1 Å². The summed E-state index contributed by atoms with van der Waals surface area (Å²) in [6.07, 6.45) is 0.675. The van der Waals surface area contributed by atoms with Crippen LogP contribution in [0.15, 0.2) is 36.4 Å². The number of hydrogen-bond acceptors (Lipinski definition) is 4. The molecule has 0 bridgehead atoms. The molecule has 2 aromatic rings. The van der Waals surface area contributed by atoms with Gasteiger partial charge in [-0.3, -0.25) is 4.79 Å². The molecule has 120 valence electrons. The highest BCUT2D eigenvalue weighted by molar-refractivity contribution is 6.32.